The third-order valence-corrected chi connectivity index (χ3v) is 5.40. The Morgan fingerprint density at radius 2 is 1.62 bits per heavy atom. The first-order chi connectivity index (χ1) is 18.5. The largest absolute Gasteiger partial charge is 0.489 e. The Morgan fingerprint density at radius 3 is 2.23 bits per heavy atom. The Labute approximate surface area is 224 Å². The van der Waals surface area contributed by atoms with E-state index in [1.807, 2.05) is 75.4 Å². The SMILES string of the molecule is CC(C)(C)N/C(=N/C(=O)c1ccc(C(F)(F)F)cc1)Nc1cc(-c2ccc(OCc3ccccc3)cc2)n[nH]1. The van der Waals surface area contributed by atoms with E-state index in [4.69, 9.17) is 4.74 Å². The highest BCUT2D eigenvalue weighted by Gasteiger charge is 2.30. The lowest BCUT2D eigenvalue weighted by Crippen LogP contribution is -2.44. The Hall–Kier alpha value is -4.60. The summed E-state index contributed by atoms with van der Waals surface area (Å²) < 4.78 is 44.4. The van der Waals surface area contributed by atoms with Crippen LogP contribution < -0.4 is 15.4 Å². The van der Waals surface area contributed by atoms with Gasteiger partial charge >= 0.3 is 6.18 Å². The van der Waals surface area contributed by atoms with Crippen molar-refractivity contribution in [1.82, 2.24) is 15.5 Å². The Morgan fingerprint density at radius 1 is 0.949 bits per heavy atom. The number of nitrogens with zero attached hydrogens (tertiary/aromatic N) is 2. The Balaban J connectivity index is 1.46. The van der Waals surface area contributed by atoms with E-state index in [-0.39, 0.29) is 11.5 Å². The van der Waals surface area contributed by atoms with Gasteiger partial charge in [0.25, 0.3) is 5.91 Å². The average molecular weight is 536 g/mol. The van der Waals surface area contributed by atoms with Gasteiger partial charge < -0.3 is 15.4 Å². The molecule has 3 aromatic carbocycles. The molecule has 7 nitrogen and oxygen atoms in total. The number of benzene rings is 3. The van der Waals surface area contributed by atoms with Crippen LogP contribution in [0.5, 0.6) is 5.75 Å². The molecule has 10 heteroatoms. The molecule has 1 aromatic heterocycles. The standard InChI is InChI=1S/C29H28F3N5O2/c1-28(2,3)35-27(34-26(38)21-9-13-22(14-10-21)29(30,31)32)33-25-17-24(36-37-25)20-11-15-23(16-12-20)39-18-19-7-5-4-6-8-19/h4-17H,18H2,1-3H3,(H3,33,34,35,36,37,38). The van der Waals surface area contributed by atoms with Crippen molar-refractivity contribution in [2.75, 3.05) is 5.32 Å². The van der Waals surface area contributed by atoms with Crippen molar-refractivity contribution in [1.29, 1.82) is 0 Å². The summed E-state index contributed by atoms with van der Waals surface area (Å²) in [7, 11) is 0. The summed E-state index contributed by atoms with van der Waals surface area (Å²) in [6, 6.07) is 23.0. The molecule has 4 aromatic rings. The second kappa shape index (κ2) is 11.4. The summed E-state index contributed by atoms with van der Waals surface area (Å²) in [5.41, 5.74) is 1.28. The number of aliphatic imine (C=N–C) groups is 1. The first kappa shape index (κ1) is 27.4. The maximum atomic E-state index is 12.9. The molecule has 0 radical (unpaired) electrons. The fourth-order valence-electron chi connectivity index (χ4n) is 3.53. The maximum Gasteiger partial charge on any atom is 0.416 e. The molecule has 0 atom stereocenters. The maximum absolute atomic E-state index is 12.9. The lowest BCUT2D eigenvalue weighted by Gasteiger charge is -2.23. The van der Waals surface area contributed by atoms with E-state index in [0.717, 1.165) is 41.1 Å². The minimum Gasteiger partial charge on any atom is -0.489 e. The highest BCUT2D eigenvalue weighted by Crippen LogP contribution is 2.29. The molecule has 0 aliphatic rings. The predicted molar refractivity (Wildman–Crippen MR) is 145 cm³/mol. The van der Waals surface area contributed by atoms with Crippen molar-refractivity contribution in [3.63, 3.8) is 0 Å². The minimum atomic E-state index is -4.49. The normalized spacial score (nSPS) is 12.2. The van der Waals surface area contributed by atoms with Gasteiger partial charge in [0, 0.05) is 22.7 Å². The number of carbonyl (C=O) groups excluding carboxylic acids is 1. The van der Waals surface area contributed by atoms with Crippen LogP contribution in [-0.2, 0) is 12.8 Å². The number of aromatic nitrogens is 2. The Kier molecular flexibility index (Phi) is 8.04. The summed E-state index contributed by atoms with van der Waals surface area (Å²) in [5, 5.41) is 13.3. The number of nitrogens with one attached hydrogen (secondary N) is 3. The molecule has 3 N–H and O–H groups in total. The number of carbonyl (C=O) groups is 1. The molecule has 0 aliphatic heterocycles. The number of alkyl halides is 3. The molecule has 0 unspecified atom stereocenters. The summed E-state index contributed by atoms with van der Waals surface area (Å²) >= 11 is 0. The van der Waals surface area contributed by atoms with Gasteiger partial charge in [-0.25, -0.2) is 0 Å². The second-order valence-electron chi connectivity index (χ2n) is 9.81. The molecule has 0 saturated heterocycles. The summed E-state index contributed by atoms with van der Waals surface area (Å²) in [4.78, 5) is 16.8. The molecule has 0 saturated carbocycles. The molecule has 202 valence electrons. The van der Waals surface area contributed by atoms with Crippen LogP contribution in [0.4, 0.5) is 19.0 Å². The monoisotopic (exact) mass is 535 g/mol. The van der Waals surface area contributed by atoms with Crippen molar-refractivity contribution in [2.45, 2.75) is 39.1 Å². The zero-order valence-electron chi connectivity index (χ0n) is 21.6. The van der Waals surface area contributed by atoms with Crippen molar-refractivity contribution >= 4 is 17.7 Å². The van der Waals surface area contributed by atoms with E-state index in [2.05, 4.69) is 25.8 Å². The number of amides is 1. The number of hydrogen-bond donors (Lipinski definition) is 3. The van der Waals surface area contributed by atoms with Crippen molar-refractivity contribution < 1.29 is 22.7 Å². The molecule has 0 fully saturated rings. The molecule has 0 aliphatic carbocycles. The molecule has 39 heavy (non-hydrogen) atoms. The van der Waals surface area contributed by atoms with Gasteiger partial charge in [0.05, 0.1) is 11.3 Å². The molecule has 0 bridgehead atoms. The van der Waals surface area contributed by atoms with Crippen molar-refractivity contribution in [3.8, 4) is 17.0 Å². The van der Waals surface area contributed by atoms with E-state index in [0.29, 0.717) is 18.1 Å². The van der Waals surface area contributed by atoms with Gasteiger partial charge in [-0.1, -0.05) is 30.3 Å². The van der Waals surface area contributed by atoms with Crippen molar-refractivity contribution in [3.05, 3.63) is 102 Å². The number of hydrogen-bond acceptors (Lipinski definition) is 3. The number of H-pyrrole nitrogens is 1. The van der Waals surface area contributed by atoms with E-state index in [9.17, 15) is 18.0 Å². The number of halogens is 3. The van der Waals surface area contributed by atoms with Gasteiger partial charge in [-0.3, -0.25) is 9.89 Å². The highest BCUT2D eigenvalue weighted by atomic mass is 19.4. The zero-order chi connectivity index (χ0) is 28.0. The number of ether oxygens (including phenoxy) is 1. The lowest BCUT2D eigenvalue weighted by molar-refractivity contribution is -0.137. The Bertz CT molecular complexity index is 1420. The number of aromatic amines is 1. The van der Waals surface area contributed by atoms with E-state index in [1.54, 1.807) is 6.07 Å². The fourth-order valence-corrected chi connectivity index (χ4v) is 3.53. The van der Waals surface area contributed by atoms with E-state index >= 15 is 0 Å². The van der Waals surface area contributed by atoms with Gasteiger partial charge in [-0.05, 0) is 74.9 Å². The fraction of sp³-hybridized carbons (Fsp3) is 0.207. The minimum absolute atomic E-state index is 0.0258. The van der Waals surface area contributed by atoms with Crippen LogP contribution in [0.15, 0.2) is 89.9 Å². The number of anilines is 1. The van der Waals surface area contributed by atoms with Gasteiger partial charge in [-0.15, -0.1) is 0 Å². The first-order valence-electron chi connectivity index (χ1n) is 12.1. The molecular formula is C29H28F3N5O2. The average Bonchev–Trinajstić information content (AvgIpc) is 3.35. The van der Waals surface area contributed by atoms with Crippen LogP contribution in [0.1, 0.15) is 42.3 Å². The topological polar surface area (TPSA) is 91.4 Å². The van der Waals surface area contributed by atoms with E-state index < -0.39 is 23.2 Å². The van der Waals surface area contributed by atoms with Gasteiger partial charge in [0.1, 0.15) is 18.2 Å². The summed E-state index contributed by atoms with van der Waals surface area (Å²) in [5.74, 6) is 0.605. The molecular weight excluding hydrogens is 507 g/mol. The summed E-state index contributed by atoms with van der Waals surface area (Å²) in [6.45, 7) is 6.11. The van der Waals surface area contributed by atoms with E-state index in [1.165, 1.54) is 0 Å². The third kappa shape index (κ3) is 7.94. The quantitative estimate of drug-likeness (QED) is 0.189. The van der Waals surface area contributed by atoms with Crippen molar-refractivity contribution in [2.24, 2.45) is 4.99 Å². The lowest BCUT2D eigenvalue weighted by atomic mass is 10.1. The first-order valence-corrected chi connectivity index (χ1v) is 12.1. The van der Waals surface area contributed by atoms with Crippen LogP contribution in [0.3, 0.4) is 0 Å². The molecule has 1 heterocycles. The molecule has 0 spiro atoms. The second-order valence-corrected chi connectivity index (χ2v) is 9.81. The zero-order valence-corrected chi connectivity index (χ0v) is 21.6. The van der Waals surface area contributed by atoms with Gasteiger partial charge in [0.15, 0.2) is 0 Å². The number of guanidine groups is 1. The van der Waals surface area contributed by atoms with Crippen LogP contribution in [0.25, 0.3) is 11.3 Å². The van der Waals surface area contributed by atoms with Crippen LogP contribution in [0, 0.1) is 0 Å². The van der Waals surface area contributed by atoms with Crippen LogP contribution >= 0.6 is 0 Å². The third-order valence-electron chi connectivity index (χ3n) is 5.40. The molecule has 4 rings (SSSR count). The van der Waals surface area contributed by atoms with Crippen LogP contribution in [0.2, 0.25) is 0 Å². The predicted octanol–water partition coefficient (Wildman–Crippen LogP) is 6.67. The smallest absolute Gasteiger partial charge is 0.416 e. The number of rotatable bonds is 6. The molecule has 1 amide bonds. The summed E-state index contributed by atoms with van der Waals surface area (Å²) in [6.07, 6.45) is -4.49. The van der Waals surface area contributed by atoms with Gasteiger partial charge in [0.2, 0.25) is 5.96 Å². The van der Waals surface area contributed by atoms with Gasteiger partial charge in [-0.2, -0.15) is 23.3 Å². The highest BCUT2D eigenvalue weighted by molar-refractivity contribution is 6.06. The van der Waals surface area contributed by atoms with Crippen LogP contribution in [-0.4, -0.2) is 27.6 Å².